The lowest BCUT2D eigenvalue weighted by Gasteiger charge is -2.02. The van der Waals surface area contributed by atoms with Gasteiger partial charge in [-0.15, -0.1) is 0 Å². The van der Waals surface area contributed by atoms with E-state index in [0.717, 1.165) is 45.2 Å². The highest BCUT2D eigenvalue weighted by molar-refractivity contribution is 5.93. The number of aromatic amines is 1. The Bertz CT molecular complexity index is 1120. The van der Waals surface area contributed by atoms with Crippen molar-refractivity contribution in [2.24, 2.45) is 0 Å². The molecule has 7 nitrogen and oxygen atoms in total. The number of hydrogen-bond acceptors (Lipinski definition) is 6. The number of nitrogens with zero attached hydrogens (tertiary/aromatic N) is 6. The summed E-state index contributed by atoms with van der Waals surface area (Å²) in [7, 11) is 0. The van der Waals surface area contributed by atoms with Crippen molar-refractivity contribution in [1.82, 2.24) is 34.9 Å². The molecule has 132 valence electrons. The number of nitrogens with one attached hydrogen (secondary N) is 1. The van der Waals surface area contributed by atoms with Crippen LogP contribution in [0.1, 0.15) is 49.2 Å². The van der Waals surface area contributed by atoms with E-state index in [4.69, 9.17) is 0 Å². The molecule has 2 aliphatic rings. The Balaban J connectivity index is 1.39. The lowest BCUT2D eigenvalue weighted by Crippen LogP contribution is -1.94. The maximum atomic E-state index is 4.52. The molecule has 6 rings (SSSR count). The van der Waals surface area contributed by atoms with Gasteiger partial charge in [-0.2, -0.15) is 0 Å². The maximum Gasteiger partial charge on any atom is 0.141 e. The van der Waals surface area contributed by atoms with Gasteiger partial charge in [0.15, 0.2) is 0 Å². The van der Waals surface area contributed by atoms with Gasteiger partial charge < -0.3 is 4.98 Å². The molecule has 2 fully saturated rings. The van der Waals surface area contributed by atoms with Crippen molar-refractivity contribution in [3.8, 4) is 22.5 Å². The third-order valence-electron chi connectivity index (χ3n) is 5.24. The first-order chi connectivity index (χ1) is 13.3. The summed E-state index contributed by atoms with van der Waals surface area (Å²) in [6, 6.07) is 2.05. The Kier molecular flexibility index (Phi) is 3.11. The van der Waals surface area contributed by atoms with Crippen LogP contribution < -0.4 is 0 Å². The molecule has 0 spiro atoms. The van der Waals surface area contributed by atoms with Crippen LogP contribution in [0.3, 0.4) is 0 Å². The third-order valence-corrected chi connectivity index (χ3v) is 5.24. The molecule has 4 aromatic rings. The topological polar surface area (TPSA) is 93.1 Å². The minimum Gasteiger partial charge on any atom is -0.339 e. The molecule has 0 radical (unpaired) electrons. The summed E-state index contributed by atoms with van der Waals surface area (Å²) in [6.45, 7) is 0. The number of fused-ring (bicyclic) bond motifs is 1. The molecule has 1 N–H and O–H groups in total. The Morgan fingerprint density at radius 3 is 1.89 bits per heavy atom. The van der Waals surface area contributed by atoms with Gasteiger partial charge in [-0.25, -0.2) is 29.9 Å². The normalized spacial score (nSPS) is 16.7. The molecular weight excluding hydrogens is 338 g/mol. The van der Waals surface area contributed by atoms with E-state index >= 15 is 0 Å². The van der Waals surface area contributed by atoms with Crippen molar-refractivity contribution < 1.29 is 0 Å². The van der Waals surface area contributed by atoms with Crippen molar-refractivity contribution in [3.05, 3.63) is 48.8 Å². The SMILES string of the molecule is c1nc(-c2cnc(C3CC3)nc2)c2cc(-c3cnc(C4CC4)nc3)[nH]c2n1. The van der Waals surface area contributed by atoms with Crippen LogP contribution in [-0.2, 0) is 0 Å². The quantitative estimate of drug-likeness (QED) is 0.601. The average molecular weight is 355 g/mol. The summed E-state index contributed by atoms with van der Waals surface area (Å²) in [5.41, 5.74) is 4.40. The number of hydrogen-bond donors (Lipinski definition) is 1. The molecule has 0 amide bonds. The first kappa shape index (κ1) is 14.9. The van der Waals surface area contributed by atoms with Crippen LogP contribution in [0.15, 0.2) is 37.2 Å². The van der Waals surface area contributed by atoms with Crippen LogP contribution in [0.4, 0.5) is 0 Å². The Labute approximate surface area is 155 Å². The van der Waals surface area contributed by atoms with Gasteiger partial charge in [-0.05, 0) is 31.7 Å². The van der Waals surface area contributed by atoms with Crippen LogP contribution in [0.5, 0.6) is 0 Å². The maximum absolute atomic E-state index is 4.52. The average Bonchev–Trinajstić information content (AvgIpc) is 3.64. The second-order valence-corrected chi connectivity index (χ2v) is 7.38. The second-order valence-electron chi connectivity index (χ2n) is 7.38. The van der Waals surface area contributed by atoms with Crippen molar-refractivity contribution in [3.63, 3.8) is 0 Å². The summed E-state index contributed by atoms with van der Waals surface area (Å²) in [6.07, 6.45) is 13.8. The van der Waals surface area contributed by atoms with Crippen LogP contribution in [0.25, 0.3) is 33.5 Å². The molecule has 0 bridgehead atoms. The highest BCUT2D eigenvalue weighted by Crippen LogP contribution is 2.39. The zero-order valence-electron chi connectivity index (χ0n) is 14.6. The van der Waals surface area contributed by atoms with Gasteiger partial charge in [-0.3, -0.25) is 0 Å². The van der Waals surface area contributed by atoms with Gasteiger partial charge in [-0.1, -0.05) is 0 Å². The molecule has 2 saturated carbocycles. The monoisotopic (exact) mass is 355 g/mol. The van der Waals surface area contributed by atoms with E-state index in [1.165, 1.54) is 25.7 Å². The lowest BCUT2D eigenvalue weighted by atomic mass is 10.1. The molecule has 0 saturated heterocycles. The first-order valence-electron chi connectivity index (χ1n) is 9.33. The fourth-order valence-corrected chi connectivity index (χ4v) is 3.37. The molecule has 0 unspecified atom stereocenters. The summed E-state index contributed by atoms with van der Waals surface area (Å²) >= 11 is 0. The van der Waals surface area contributed by atoms with Crippen LogP contribution >= 0.6 is 0 Å². The minimum absolute atomic E-state index is 0.543. The molecule has 2 aliphatic carbocycles. The Morgan fingerprint density at radius 2 is 1.30 bits per heavy atom. The minimum atomic E-state index is 0.543. The van der Waals surface area contributed by atoms with E-state index in [1.54, 1.807) is 6.33 Å². The second kappa shape index (κ2) is 5.64. The van der Waals surface area contributed by atoms with Crippen LogP contribution in [0, 0.1) is 0 Å². The van der Waals surface area contributed by atoms with Crippen LogP contribution in [0.2, 0.25) is 0 Å². The summed E-state index contributed by atoms with van der Waals surface area (Å²) < 4.78 is 0. The number of aromatic nitrogens is 7. The molecule has 4 aromatic heterocycles. The van der Waals surface area contributed by atoms with Crippen molar-refractivity contribution in [2.45, 2.75) is 37.5 Å². The van der Waals surface area contributed by atoms with Crippen molar-refractivity contribution in [1.29, 1.82) is 0 Å². The van der Waals surface area contributed by atoms with Crippen molar-refractivity contribution >= 4 is 11.0 Å². The van der Waals surface area contributed by atoms with Crippen molar-refractivity contribution in [2.75, 3.05) is 0 Å². The molecule has 0 aromatic carbocycles. The molecule has 7 heteroatoms. The van der Waals surface area contributed by atoms with Gasteiger partial charge in [0, 0.05) is 53.1 Å². The highest BCUT2D eigenvalue weighted by Gasteiger charge is 2.27. The van der Waals surface area contributed by atoms with Gasteiger partial charge in [0.2, 0.25) is 0 Å². The molecule has 4 heterocycles. The predicted octanol–water partition coefficient (Wildman–Crippen LogP) is 3.63. The number of rotatable bonds is 4. The predicted molar refractivity (Wildman–Crippen MR) is 99.9 cm³/mol. The van der Waals surface area contributed by atoms with Gasteiger partial charge in [0.1, 0.15) is 23.6 Å². The standard InChI is InChI=1S/C20H17N7/c1-2-11(1)18-21-6-13(7-22-18)16-5-15-17(25-10-26-20(15)27-16)14-8-23-19(24-9-14)12-3-4-12/h5-12H,1-4H2,(H,25,26,27). The third kappa shape index (κ3) is 2.66. The summed E-state index contributed by atoms with van der Waals surface area (Å²) in [5.74, 6) is 2.98. The van der Waals surface area contributed by atoms with E-state index in [1.807, 2.05) is 24.8 Å². The lowest BCUT2D eigenvalue weighted by molar-refractivity contribution is 0.927. The zero-order valence-corrected chi connectivity index (χ0v) is 14.6. The Hall–Kier alpha value is -3.22. The summed E-state index contributed by atoms with van der Waals surface area (Å²) in [4.78, 5) is 30.3. The van der Waals surface area contributed by atoms with Gasteiger partial charge in [0.25, 0.3) is 0 Å². The first-order valence-corrected chi connectivity index (χ1v) is 9.33. The molecule has 27 heavy (non-hydrogen) atoms. The zero-order chi connectivity index (χ0) is 17.8. The largest absolute Gasteiger partial charge is 0.339 e. The number of H-pyrrole nitrogens is 1. The highest BCUT2D eigenvalue weighted by atomic mass is 14.9. The molecular formula is C20H17N7. The van der Waals surface area contributed by atoms with Crippen LogP contribution in [-0.4, -0.2) is 34.9 Å². The smallest absolute Gasteiger partial charge is 0.141 e. The molecule has 0 aliphatic heterocycles. The Morgan fingerprint density at radius 1 is 0.704 bits per heavy atom. The fraction of sp³-hybridized carbons (Fsp3) is 0.300. The summed E-state index contributed by atoms with van der Waals surface area (Å²) in [5, 5.41) is 0.946. The van der Waals surface area contributed by atoms with E-state index in [9.17, 15) is 0 Å². The van der Waals surface area contributed by atoms with E-state index in [-0.39, 0.29) is 0 Å². The fourth-order valence-electron chi connectivity index (χ4n) is 3.37. The van der Waals surface area contributed by atoms with E-state index in [2.05, 4.69) is 41.0 Å². The van der Waals surface area contributed by atoms with E-state index in [0.29, 0.717) is 11.8 Å². The van der Waals surface area contributed by atoms with Gasteiger partial charge in [0.05, 0.1) is 11.4 Å². The molecule has 0 atom stereocenters. The van der Waals surface area contributed by atoms with E-state index < -0.39 is 0 Å². The van der Waals surface area contributed by atoms with Gasteiger partial charge >= 0.3 is 0 Å².